The van der Waals surface area contributed by atoms with Crippen molar-refractivity contribution < 1.29 is 32.2 Å². The van der Waals surface area contributed by atoms with Crippen LogP contribution in [0.25, 0.3) is 10.9 Å². The van der Waals surface area contributed by atoms with Crippen molar-refractivity contribution in [3.05, 3.63) is 51.7 Å². The van der Waals surface area contributed by atoms with Crippen molar-refractivity contribution in [3.8, 4) is 5.75 Å². The average molecular weight is 481 g/mol. The standard InChI is InChI=1S/C21H19F4N5O4/c1-9-8-34-19-16(28-6-5-27-12-4-2-3-11(29-12)21(23,24)25)14(22)15(26)13-17(19)30(9)7-10(18(13)31)20(32)33/h2-4,7,9,28H,5-6,8,26H2,1H3,(H,27,29)(H,32,33). The van der Waals surface area contributed by atoms with Crippen LogP contribution in [0.5, 0.6) is 5.75 Å². The Labute approximate surface area is 189 Å². The number of carbonyl (C=O) groups is 1. The van der Waals surface area contributed by atoms with Gasteiger partial charge in [0.05, 0.1) is 22.6 Å². The van der Waals surface area contributed by atoms with Crippen LogP contribution in [0.15, 0.2) is 29.2 Å². The molecule has 3 aromatic rings. The molecule has 1 aliphatic heterocycles. The molecule has 180 valence electrons. The smallest absolute Gasteiger partial charge is 0.433 e. The average Bonchev–Trinajstić information content (AvgIpc) is 2.77. The van der Waals surface area contributed by atoms with Crippen LogP contribution >= 0.6 is 0 Å². The van der Waals surface area contributed by atoms with Gasteiger partial charge in [-0.05, 0) is 19.1 Å². The van der Waals surface area contributed by atoms with Crippen molar-refractivity contribution in [2.75, 3.05) is 36.1 Å². The molecule has 34 heavy (non-hydrogen) atoms. The highest BCUT2D eigenvalue weighted by Gasteiger charge is 2.33. The molecular weight excluding hydrogens is 462 g/mol. The summed E-state index contributed by atoms with van der Waals surface area (Å²) in [6.07, 6.45) is -3.42. The Morgan fingerprint density at radius 3 is 2.71 bits per heavy atom. The van der Waals surface area contributed by atoms with Crippen LogP contribution in [0.1, 0.15) is 29.0 Å². The monoisotopic (exact) mass is 481 g/mol. The minimum Gasteiger partial charge on any atom is -0.487 e. The lowest BCUT2D eigenvalue weighted by molar-refractivity contribution is -0.141. The number of carboxylic acids is 1. The summed E-state index contributed by atoms with van der Waals surface area (Å²) in [4.78, 5) is 27.7. The topological polar surface area (TPSA) is 132 Å². The first-order valence-electron chi connectivity index (χ1n) is 10.1. The Morgan fingerprint density at radius 2 is 2.03 bits per heavy atom. The van der Waals surface area contributed by atoms with E-state index in [0.29, 0.717) is 0 Å². The van der Waals surface area contributed by atoms with Crippen LogP contribution in [-0.2, 0) is 6.18 Å². The number of anilines is 3. The minimum absolute atomic E-state index is 0.00830. The highest BCUT2D eigenvalue weighted by molar-refractivity contribution is 6.03. The second-order valence-corrected chi connectivity index (χ2v) is 7.66. The Morgan fingerprint density at radius 1 is 1.32 bits per heavy atom. The number of ether oxygens (including phenoxy) is 1. The fourth-order valence-electron chi connectivity index (χ4n) is 3.73. The molecule has 0 aliphatic carbocycles. The molecule has 2 aromatic heterocycles. The fourth-order valence-corrected chi connectivity index (χ4v) is 3.73. The van der Waals surface area contributed by atoms with Gasteiger partial charge in [-0.25, -0.2) is 14.2 Å². The van der Waals surface area contributed by atoms with E-state index >= 15 is 4.39 Å². The summed E-state index contributed by atoms with van der Waals surface area (Å²) in [6.45, 7) is 1.90. The zero-order chi connectivity index (χ0) is 24.8. The van der Waals surface area contributed by atoms with Crippen molar-refractivity contribution in [1.82, 2.24) is 9.55 Å². The van der Waals surface area contributed by atoms with Crippen molar-refractivity contribution in [1.29, 1.82) is 0 Å². The van der Waals surface area contributed by atoms with Gasteiger partial charge in [-0.1, -0.05) is 6.07 Å². The van der Waals surface area contributed by atoms with Crippen molar-refractivity contribution >= 4 is 34.1 Å². The third kappa shape index (κ3) is 3.93. The van der Waals surface area contributed by atoms with Gasteiger partial charge in [0, 0.05) is 19.3 Å². The number of nitrogen functional groups attached to an aromatic ring is 1. The molecule has 0 spiro atoms. The highest BCUT2D eigenvalue weighted by Crippen LogP contribution is 2.43. The van der Waals surface area contributed by atoms with Gasteiger partial charge in [-0.3, -0.25) is 4.79 Å². The van der Waals surface area contributed by atoms with Gasteiger partial charge in [0.15, 0.2) is 11.6 Å². The molecule has 1 aliphatic rings. The van der Waals surface area contributed by atoms with Crippen LogP contribution in [-0.4, -0.2) is 40.3 Å². The number of nitrogens with one attached hydrogen (secondary N) is 2. The molecule has 0 radical (unpaired) electrons. The third-order valence-electron chi connectivity index (χ3n) is 5.35. The second-order valence-electron chi connectivity index (χ2n) is 7.66. The molecule has 1 unspecified atom stereocenters. The van der Waals surface area contributed by atoms with Crippen LogP contribution in [0.2, 0.25) is 0 Å². The number of aromatic nitrogens is 2. The number of aromatic carboxylic acids is 1. The summed E-state index contributed by atoms with van der Waals surface area (Å²) < 4.78 is 60.8. The van der Waals surface area contributed by atoms with E-state index in [2.05, 4.69) is 15.6 Å². The maximum absolute atomic E-state index is 15.2. The molecule has 0 bridgehead atoms. The molecule has 0 amide bonds. The molecule has 0 saturated carbocycles. The van der Waals surface area contributed by atoms with Crippen molar-refractivity contribution in [2.24, 2.45) is 0 Å². The maximum Gasteiger partial charge on any atom is 0.433 e. The maximum atomic E-state index is 15.2. The first-order valence-corrected chi connectivity index (χ1v) is 10.1. The zero-order valence-electron chi connectivity index (χ0n) is 17.7. The van der Waals surface area contributed by atoms with E-state index < -0.39 is 40.3 Å². The number of nitrogens with two attached hydrogens (primary N) is 1. The summed E-state index contributed by atoms with van der Waals surface area (Å²) in [5.41, 5.74) is 2.84. The molecule has 3 heterocycles. The molecule has 4 rings (SSSR count). The molecule has 1 aromatic carbocycles. The number of rotatable bonds is 6. The summed E-state index contributed by atoms with van der Waals surface area (Å²) in [5, 5.41) is 14.6. The number of nitrogens with zero attached hydrogens (tertiary/aromatic N) is 2. The number of halogens is 4. The molecular formula is C21H19F4N5O4. The largest absolute Gasteiger partial charge is 0.487 e. The Kier molecular flexibility index (Phi) is 5.71. The Bertz CT molecular complexity index is 1360. The molecule has 9 nitrogen and oxygen atoms in total. The number of carboxylic acid groups (broad SMARTS) is 1. The SMILES string of the molecule is CC1COc2c(NCCNc3cccc(C(F)(F)F)n3)c(F)c(N)c3c(=O)c(C(=O)O)cn1c23. The van der Waals surface area contributed by atoms with E-state index in [9.17, 15) is 27.9 Å². The predicted octanol–water partition coefficient (Wildman–Crippen LogP) is 3.31. The minimum atomic E-state index is -4.59. The second kappa shape index (κ2) is 8.39. The van der Waals surface area contributed by atoms with Crippen LogP contribution in [0.3, 0.4) is 0 Å². The summed E-state index contributed by atoms with van der Waals surface area (Å²) in [6, 6.07) is 3.05. The first-order chi connectivity index (χ1) is 16.0. The van der Waals surface area contributed by atoms with E-state index in [4.69, 9.17) is 10.5 Å². The Hall–Kier alpha value is -4.03. The number of benzene rings is 1. The van der Waals surface area contributed by atoms with E-state index in [-0.39, 0.29) is 53.9 Å². The summed E-state index contributed by atoms with van der Waals surface area (Å²) in [7, 11) is 0. The van der Waals surface area contributed by atoms with Gasteiger partial charge in [0.25, 0.3) is 0 Å². The van der Waals surface area contributed by atoms with Crippen molar-refractivity contribution in [2.45, 2.75) is 19.1 Å². The molecule has 1 atom stereocenters. The van der Waals surface area contributed by atoms with Gasteiger partial charge >= 0.3 is 12.1 Å². The van der Waals surface area contributed by atoms with Gasteiger partial charge < -0.3 is 30.8 Å². The van der Waals surface area contributed by atoms with E-state index in [1.54, 1.807) is 6.92 Å². The zero-order valence-corrected chi connectivity index (χ0v) is 17.7. The molecule has 5 N–H and O–H groups in total. The van der Waals surface area contributed by atoms with Gasteiger partial charge in [0.2, 0.25) is 5.43 Å². The van der Waals surface area contributed by atoms with Crippen LogP contribution < -0.4 is 26.5 Å². The van der Waals surface area contributed by atoms with Gasteiger partial charge in [-0.2, -0.15) is 13.2 Å². The van der Waals surface area contributed by atoms with Crippen LogP contribution in [0, 0.1) is 5.82 Å². The number of pyridine rings is 2. The van der Waals surface area contributed by atoms with Gasteiger partial charge in [0.1, 0.15) is 29.4 Å². The third-order valence-corrected chi connectivity index (χ3v) is 5.35. The predicted molar refractivity (Wildman–Crippen MR) is 116 cm³/mol. The molecule has 0 saturated heterocycles. The quantitative estimate of drug-likeness (QED) is 0.240. The van der Waals surface area contributed by atoms with Crippen molar-refractivity contribution in [3.63, 3.8) is 0 Å². The Balaban J connectivity index is 1.65. The van der Waals surface area contributed by atoms with E-state index in [1.807, 2.05) is 0 Å². The normalized spacial score (nSPS) is 15.1. The van der Waals surface area contributed by atoms with E-state index in [1.165, 1.54) is 22.9 Å². The summed E-state index contributed by atoms with van der Waals surface area (Å²) >= 11 is 0. The van der Waals surface area contributed by atoms with Gasteiger partial charge in [-0.15, -0.1) is 0 Å². The molecule has 0 fully saturated rings. The molecule has 13 heteroatoms. The lowest BCUT2D eigenvalue weighted by Crippen LogP contribution is -2.28. The van der Waals surface area contributed by atoms with Crippen LogP contribution in [0.4, 0.5) is 34.8 Å². The highest BCUT2D eigenvalue weighted by atomic mass is 19.4. The fraction of sp³-hybridized carbons (Fsp3) is 0.286. The lowest BCUT2D eigenvalue weighted by Gasteiger charge is -2.29. The number of hydrogen-bond acceptors (Lipinski definition) is 7. The number of alkyl halides is 3. The number of hydrogen-bond donors (Lipinski definition) is 4. The summed E-state index contributed by atoms with van der Waals surface area (Å²) in [5.74, 6) is -2.49. The first kappa shape index (κ1) is 23.1. The lowest BCUT2D eigenvalue weighted by atomic mass is 10.0. The van der Waals surface area contributed by atoms with E-state index in [0.717, 1.165) is 6.07 Å².